The molecule has 0 bridgehead atoms. The Morgan fingerprint density at radius 2 is 1.84 bits per heavy atom. The largest absolute Gasteiger partial charge is 0.464 e. The fraction of sp³-hybridized carbons (Fsp3) is 0.500. The molecule has 1 aromatic heterocycles. The molecule has 7 heteroatoms. The molecular formula is C24H31FN2O4. The number of hydrogen-bond donors (Lipinski definition) is 0. The topological polar surface area (TPSA) is 63.0 Å². The number of furan rings is 1. The molecule has 2 aromatic rings. The standard InChI is InChI=1S/C24H31FN2O4/c1-17(2)24(29)27(14-21-5-4-12-30-21)16-23(28)26(15-22-11-6-18(3)31-22)13-19-7-9-20(25)10-8-19/h6-11,17,21H,4-5,12-16H2,1-3H3. The number of ether oxygens (including phenoxy) is 1. The van der Waals surface area contributed by atoms with Gasteiger partial charge in [-0.05, 0) is 49.6 Å². The van der Waals surface area contributed by atoms with E-state index >= 15 is 0 Å². The van der Waals surface area contributed by atoms with E-state index in [1.165, 1.54) is 12.1 Å². The van der Waals surface area contributed by atoms with Crippen molar-refractivity contribution in [3.63, 3.8) is 0 Å². The Morgan fingerprint density at radius 3 is 2.42 bits per heavy atom. The van der Waals surface area contributed by atoms with Gasteiger partial charge in [0.25, 0.3) is 0 Å². The van der Waals surface area contributed by atoms with Crippen LogP contribution < -0.4 is 0 Å². The van der Waals surface area contributed by atoms with E-state index in [9.17, 15) is 14.0 Å². The summed E-state index contributed by atoms with van der Waals surface area (Å²) in [7, 11) is 0. The second-order valence-electron chi connectivity index (χ2n) is 8.40. The molecule has 1 fully saturated rings. The van der Waals surface area contributed by atoms with Crippen LogP contribution in [0.5, 0.6) is 0 Å². The molecule has 1 unspecified atom stereocenters. The Bertz CT molecular complexity index is 872. The van der Waals surface area contributed by atoms with Crippen molar-refractivity contribution in [1.29, 1.82) is 0 Å². The van der Waals surface area contributed by atoms with Crippen LogP contribution in [0.25, 0.3) is 0 Å². The quantitative estimate of drug-likeness (QED) is 0.605. The fourth-order valence-electron chi connectivity index (χ4n) is 3.70. The van der Waals surface area contributed by atoms with Crippen LogP contribution in [0.2, 0.25) is 0 Å². The smallest absolute Gasteiger partial charge is 0.242 e. The molecule has 0 spiro atoms. The minimum Gasteiger partial charge on any atom is -0.464 e. The predicted octanol–water partition coefficient (Wildman–Crippen LogP) is 3.92. The normalized spacial score (nSPS) is 16.0. The van der Waals surface area contributed by atoms with Crippen LogP contribution in [0.1, 0.15) is 43.8 Å². The highest BCUT2D eigenvalue weighted by molar-refractivity contribution is 5.85. The first-order valence-electron chi connectivity index (χ1n) is 10.8. The van der Waals surface area contributed by atoms with Gasteiger partial charge in [0, 0.05) is 25.6 Å². The third kappa shape index (κ3) is 6.66. The number of aryl methyl sites for hydroxylation is 1. The first-order chi connectivity index (χ1) is 14.8. The molecule has 0 radical (unpaired) electrons. The summed E-state index contributed by atoms with van der Waals surface area (Å²) in [5.74, 6) is 0.624. The first kappa shape index (κ1) is 23.0. The number of halogens is 1. The Morgan fingerprint density at radius 1 is 1.10 bits per heavy atom. The zero-order valence-electron chi connectivity index (χ0n) is 18.5. The number of carbonyl (C=O) groups is 2. The van der Waals surface area contributed by atoms with E-state index in [0.717, 1.165) is 24.2 Å². The van der Waals surface area contributed by atoms with Crippen molar-refractivity contribution in [3.05, 3.63) is 59.3 Å². The van der Waals surface area contributed by atoms with Crippen molar-refractivity contribution in [2.24, 2.45) is 5.92 Å². The summed E-state index contributed by atoms with van der Waals surface area (Å²) in [5.41, 5.74) is 0.805. The molecular weight excluding hydrogens is 399 g/mol. The molecule has 0 aliphatic carbocycles. The van der Waals surface area contributed by atoms with Gasteiger partial charge in [0.1, 0.15) is 17.3 Å². The van der Waals surface area contributed by atoms with Crippen molar-refractivity contribution in [2.45, 2.75) is 52.8 Å². The van der Waals surface area contributed by atoms with Crippen LogP contribution in [-0.2, 0) is 27.4 Å². The number of benzene rings is 1. The average Bonchev–Trinajstić information content (AvgIpc) is 3.39. The maximum Gasteiger partial charge on any atom is 0.242 e. The maximum atomic E-state index is 13.3. The highest BCUT2D eigenvalue weighted by Crippen LogP contribution is 2.17. The van der Waals surface area contributed by atoms with Gasteiger partial charge >= 0.3 is 0 Å². The number of nitrogens with zero attached hydrogens (tertiary/aromatic N) is 2. The highest BCUT2D eigenvalue weighted by Gasteiger charge is 2.28. The molecule has 2 heterocycles. The maximum absolute atomic E-state index is 13.3. The van der Waals surface area contributed by atoms with Crippen LogP contribution >= 0.6 is 0 Å². The summed E-state index contributed by atoms with van der Waals surface area (Å²) in [4.78, 5) is 29.3. The van der Waals surface area contributed by atoms with Gasteiger partial charge in [-0.25, -0.2) is 4.39 Å². The van der Waals surface area contributed by atoms with Gasteiger partial charge in [0.05, 0.1) is 19.2 Å². The second kappa shape index (κ2) is 10.6. The van der Waals surface area contributed by atoms with E-state index in [2.05, 4.69) is 0 Å². The summed E-state index contributed by atoms with van der Waals surface area (Å²) < 4.78 is 24.7. The average molecular weight is 431 g/mol. The van der Waals surface area contributed by atoms with Gasteiger partial charge in [0.2, 0.25) is 11.8 Å². The van der Waals surface area contributed by atoms with Crippen molar-refractivity contribution >= 4 is 11.8 Å². The molecule has 168 valence electrons. The van der Waals surface area contributed by atoms with Gasteiger partial charge in [-0.1, -0.05) is 26.0 Å². The number of amides is 2. The molecule has 1 saturated heterocycles. The van der Waals surface area contributed by atoms with E-state index in [4.69, 9.17) is 9.15 Å². The highest BCUT2D eigenvalue weighted by atomic mass is 19.1. The summed E-state index contributed by atoms with van der Waals surface area (Å²) in [6.07, 6.45) is 1.83. The SMILES string of the molecule is Cc1ccc(CN(Cc2ccc(F)cc2)C(=O)CN(CC2CCCO2)C(=O)C(C)C)o1. The molecule has 31 heavy (non-hydrogen) atoms. The lowest BCUT2D eigenvalue weighted by Crippen LogP contribution is -2.46. The molecule has 1 aliphatic heterocycles. The predicted molar refractivity (Wildman–Crippen MR) is 114 cm³/mol. The molecule has 6 nitrogen and oxygen atoms in total. The van der Waals surface area contributed by atoms with E-state index in [-0.39, 0.29) is 42.7 Å². The van der Waals surface area contributed by atoms with E-state index in [1.54, 1.807) is 21.9 Å². The van der Waals surface area contributed by atoms with Crippen molar-refractivity contribution in [2.75, 3.05) is 19.7 Å². The van der Waals surface area contributed by atoms with Crippen LogP contribution in [0.15, 0.2) is 40.8 Å². The summed E-state index contributed by atoms with van der Waals surface area (Å²) in [5, 5.41) is 0. The summed E-state index contributed by atoms with van der Waals surface area (Å²) >= 11 is 0. The Hall–Kier alpha value is -2.67. The molecule has 3 rings (SSSR count). The third-order valence-corrected chi connectivity index (χ3v) is 5.36. The van der Waals surface area contributed by atoms with Crippen LogP contribution in [0.4, 0.5) is 4.39 Å². The van der Waals surface area contributed by atoms with Gasteiger partial charge in [-0.15, -0.1) is 0 Å². The lowest BCUT2D eigenvalue weighted by Gasteiger charge is -2.30. The minimum absolute atomic E-state index is 0.0300. The third-order valence-electron chi connectivity index (χ3n) is 5.36. The summed E-state index contributed by atoms with van der Waals surface area (Å²) in [6.45, 7) is 7.15. The zero-order chi connectivity index (χ0) is 22.4. The van der Waals surface area contributed by atoms with Gasteiger partial charge in [0.15, 0.2) is 0 Å². The van der Waals surface area contributed by atoms with E-state index in [0.29, 0.717) is 25.5 Å². The Labute approximate surface area is 183 Å². The van der Waals surface area contributed by atoms with Crippen LogP contribution in [0.3, 0.4) is 0 Å². The molecule has 2 amide bonds. The van der Waals surface area contributed by atoms with Gasteiger partial charge in [-0.3, -0.25) is 9.59 Å². The lowest BCUT2D eigenvalue weighted by atomic mass is 10.1. The molecule has 1 aliphatic rings. The Balaban J connectivity index is 1.76. The second-order valence-corrected chi connectivity index (χ2v) is 8.40. The van der Waals surface area contributed by atoms with Gasteiger partial charge in [-0.2, -0.15) is 0 Å². The fourth-order valence-corrected chi connectivity index (χ4v) is 3.70. The molecule has 1 aromatic carbocycles. The molecule has 1 atom stereocenters. The minimum atomic E-state index is -0.325. The van der Waals surface area contributed by atoms with Gasteiger partial charge < -0.3 is 19.0 Å². The monoisotopic (exact) mass is 430 g/mol. The van der Waals surface area contributed by atoms with E-state index < -0.39 is 0 Å². The van der Waals surface area contributed by atoms with Crippen molar-refractivity contribution < 1.29 is 23.1 Å². The molecule has 0 N–H and O–H groups in total. The molecule has 0 saturated carbocycles. The number of hydrogen-bond acceptors (Lipinski definition) is 4. The summed E-state index contributed by atoms with van der Waals surface area (Å²) in [6, 6.07) is 9.76. The van der Waals surface area contributed by atoms with E-state index in [1.807, 2.05) is 32.9 Å². The number of carbonyl (C=O) groups excluding carboxylic acids is 2. The Kier molecular flexibility index (Phi) is 7.85. The first-order valence-corrected chi connectivity index (χ1v) is 10.8. The number of rotatable bonds is 9. The lowest BCUT2D eigenvalue weighted by molar-refractivity contribution is -0.144. The van der Waals surface area contributed by atoms with Crippen molar-refractivity contribution in [1.82, 2.24) is 9.80 Å². The van der Waals surface area contributed by atoms with Crippen LogP contribution in [-0.4, -0.2) is 47.4 Å². The van der Waals surface area contributed by atoms with Crippen LogP contribution in [0, 0.1) is 18.7 Å². The van der Waals surface area contributed by atoms with Crippen molar-refractivity contribution in [3.8, 4) is 0 Å². The zero-order valence-corrected chi connectivity index (χ0v) is 18.5.